The van der Waals surface area contributed by atoms with Gasteiger partial charge in [-0.3, -0.25) is 4.57 Å². The number of nitrogens with two attached hydrogens (primary N) is 1. The fourth-order valence-corrected chi connectivity index (χ4v) is 8.95. The highest BCUT2D eigenvalue weighted by Crippen LogP contribution is 2.33. The Morgan fingerprint density at radius 2 is 1.39 bits per heavy atom. The van der Waals surface area contributed by atoms with Crippen molar-refractivity contribution in [3.63, 3.8) is 0 Å². The third-order valence-corrected chi connectivity index (χ3v) is 12.7. The lowest BCUT2D eigenvalue weighted by Crippen LogP contribution is -2.25. The highest BCUT2D eigenvalue weighted by Gasteiger charge is 2.20. The second-order valence-electron chi connectivity index (χ2n) is 15.2. The Hall–Kier alpha value is -5.77. The maximum Gasteiger partial charge on any atom is 0.355 e. The van der Waals surface area contributed by atoms with Crippen molar-refractivity contribution in [1.82, 2.24) is 9.55 Å². The molecule has 4 N–H and O–H groups in total. The van der Waals surface area contributed by atoms with Crippen LogP contribution in [0.1, 0.15) is 69.6 Å². The van der Waals surface area contributed by atoms with E-state index in [9.17, 15) is 18.3 Å². The van der Waals surface area contributed by atoms with E-state index in [2.05, 4.69) is 41.4 Å². The van der Waals surface area contributed by atoms with Gasteiger partial charge in [-0.2, -0.15) is 0 Å². The summed E-state index contributed by atoms with van der Waals surface area (Å²) in [5, 5.41) is 26.6. The van der Waals surface area contributed by atoms with Crippen LogP contribution in [-0.4, -0.2) is 72.8 Å². The Balaban J connectivity index is 0.000000160. The molecule has 4 aliphatic rings. The molecule has 2 aliphatic heterocycles. The normalized spacial score (nSPS) is 16.0. The predicted octanol–water partition coefficient (Wildman–Crippen LogP) is 8.36. The smallest absolute Gasteiger partial charge is 0.355 e. The number of carboxylic acids is 1. The second kappa shape index (κ2) is 18.9. The molecule has 12 nitrogen and oxygen atoms in total. The zero-order valence-corrected chi connectivity index (χ0v) is 35.1. The summed E-state index contributed by atoms with van der Waals surface area (Å²) in [5.41, 5.74) is 7.89. The first-order valence-electron chi connectivity index (χ1n) is 20.3. The maximum atomic E-state index is 11.6. The van der Waals surface area contributed by atoms with Crippen molar-refractivity contribution in [2.24, 2.45) is 5.14 Å². The molecule has 14 heteroatoms. The summed E-state index contributed by atoms with van der Waals surface area (Å²) in [6.45, 7) is 3.02. The van der Waals surface area contributed by atoms with Gasteiger partial charge in [-0.05, 0) is 107 Å². The number of carbonyl (C=O) groups is 1. The molecule has 4 aromatic carbocycles. The van der Waals surface area contributed by atoms with E-state index in [0.29, 0.717) is 36.6 Å². The fraction of sp³-hybridized carbons (Fsp3) is 0.277. The van der Waals surface area contributed by atoms with Crippen molar-refractivity contribution in [3.05, 3.63) is 142 Å². The molecule has 2 fully saturated rings. The number of hydrogen-bond donors (Lipinski definition) is 3. The van der Waals surface area contributed by atoms with Gasteiger partial charge in [0.25, 0.3) is 0 Å². The molecule has 4 heterocycles. The monoisotopic (exact) mass is 861 g/mol. The van der Waals surface area contributed by atoms with Crippen molar-refractivity contribution < 1.29 is 42.4 Å². The zero-order chi connectivity index (χ0) is 42.3. The summed E-state index contributed by atoms with van der Waals surface area (Å²) >= 11 is 1.25. The van der Waals surface area contributed by atoms with Crippen LogP contribution in [0.2, 0.25) is 0 Å². The number of fused-ring (bicyclic) bond motifs is 3. The van der Waals surface area contributed by atoms with E-state index in [-0.39, 0.29) is 16.7 Å². The zero-order valence-electron chi connectivity index (χ0n) is 33.4. The second-order valence-corrected chi connectivity index (χ2v) is 17.6. The van der Waals surface area contributed by atoms with Crippen molar-refractivity contribution in [3.8, 4) is 22.4 Å². The Morgan fingerprint density at radius 3 is 2.00 bits per heavy atom. The van der Waals surface area contributed by atoms with Crippen LogP contribution < -0.4 is 14.6 Å². The molecule has 0 unspecified atom stereocenters. The van der Waals surface area contributed by atoms with E-state index in [0.717, 1.165) is 90.8 Å². The maximum absolute atomic E-state index is 11.6. The standard InChI is InChI=1S/C24H23N3O6S2.C14H16O2.C9H8O/c25-35(30,31)19-4-1-15(2-5-19)11-16-13-27(24-26-21(14-34-24)23(28)29)22-6-3-18(12-20(16)22)33-17-7-9-32-10-8-17;1-2-11-4-5-14(10-12(11)3-1)16-13-6-8-15-9-7-13;10-9-5-4-7-2-1-3-8(7)6-9/h1-6,12-14,17H,7-11H2,(H,28,29)(H2,25,30,31);1,3-5,10,13H,2,6-9H2;1,3-6,10H,2H2. The SMILES string of the molecule is C1=Cc2cc(OC3CCOCC3)ccc2C1.NS(=O)(=O)c1ccc(Cc2cn(-c3nc(C(=O)O)cs3)c3ccc(OC4CCOCC4)cc23)cc1.Oc1ccc2c(c1)C=CC2. The van der Waals surface area contributed by atoms with Gasteiger partial charge in [-0.1, -0.05) is 48.6 Å². The average Bonchev–Trinajstić information content (AvgIpc) is 4.09. The number of thiazole rings is 1. The van der Waals surface area contributed by atoms with E-state index < -0.39 is 16.0 Å². The number of benzene rings is 4. The molecule has 0 amide bonds. The van der Waals surface area contributed by atoms with Crippen LogP contribution in [-0.2, 0) is 38.8 Å². The summed E-state index contributed by atoms with van der Waals surface area (Å²) in [7, 11) is -3.77. The summed E-state index contributed by atoms with van der Waals surface area (Å²) in [5.74, 6) is 1.02. The Morgan fingerprint density at radius 1 is 0.803 bits per heavy atom. The number of primary sulfonamides is 1. The highest BCUT2D eigenvalue weighted by molar-refractivity contribution is 7.89. The topological polar surface area (TPSA) is 172 Å². The number of ether oxygens (including phenoxy) is 4. The predicted molar refractivity (Wildman–Crippen MR) is 235 cm³/mol. The Labute approximate surface area is 358 Å². The lowest BCUT2D eigenvalue weighted by molar-refractivity contribution is 0.0253. The van der Waals surface area contributed by atoms with Crippen molar-refractivity contribution in [2.75, 3.05) is 26.4 Å². The van der Waals surface area contributed by atoms with Crippen LogP contribution in [0.3, 0.4) is 0 Å². The number of hydrogen-bond acceptors (Lipinski definition) is 10. The third-order valence-electron chi connectivity index (χ3n) is 10.9. The lowest BCUT2D eigenvalue weighted by atomic mass is 10.0. The molecule has 0 radical (unpaired) electrons. The van der Waals surface area contributed by atoms with E-state index in [1.165, 1.54) is 45.5 Å². The number of phenolic OH excluding ortho intramolecular Hbond substituents is 1. The van der Waals surface area contributed by atoms with Gasteiger partial charge in [0.05, 0.1) is 36.8 Å². The number of aromatic nitrogens is 2. The number of sulfonamides is 1. The van der Waals surface area contributed by atoms with Crippen LogP contribution in [0.4, 0.5) is 0 Å². The van der Waals surface area contributed by atoms with Gasteiger partial charge in [0, 0.05) is 42.6 Å². The number of carboxylic acid groups (broad SMARTS) is 1. The number of aromatic hydroxyl groups is 1. The molecule has 0 bridgehead atoms. The van der Waals surface area contributed by atoms with Crippen LogP contribution in [0.25, 0.3) is 28.2 Å². The quantitative estimate of drug-likeness (QED) is 0.128. The van der Waals surface area contributed by atoms with Crippen molar-refractivity contribution in [2.45, 2.75) is 62.0 Å². The molecule has 316 valence electrons. The summed E-state index contributed by atoms with van der Waals surface area (Å²) < 4.78 is 48.0. The van der Waals surface area contributed by atoms with Crippen molar-refractivity contribution in [1.29, 1.82) is 0 Å². The van der Waals surface area contributed by atoms with Gasteiger partial charge in [-0.15, -0.1) is 11.3 Å². The fourth-order valence-electron chi connectivity index (χ4n) is 7.65. The molecule has 2 aromatic heterocycles. The van der Waals surface area contributed by atoms with E-state index in [1.807, 2.05) is 41.1 Å². The molecular formula is C47H47N3O9S2. The number of phenols is 1. The molecule has 0 atom stereocenters. The molecule has 2 aliphatic carbocycles. The minimum absolute atomic E-state index is 0.00791. The van der Waals surface area contributed by atoms with Gasteiger partial charge < -0.3 is 29.2 Å². The molecular weight excluding hydrogens is 815 g/mol. The van der Waals surface area contributed by atoms with Crippen LogP contribution in [0.15, 0.2) is 107 Å². The first-order valence-corrected chi connectivity index (χ1v) is 22.7. The molecule has 0 spiro atoms. The highest BCUT2D eigenvalue weighted by atomic mass is 32.2. The van der Waals surface area contributed by atoms with Crippen molar-refractivity contribution >= 4 is 50.4 Å². The number of rotatable bonds is 9. The average molecular weight is 862 g/mol. The summed E-state index contributed by atoms with van der Waals surface area (Å²) in [4.78, 5) is 15.7. The molecule has 61 heavy (non-hydrogen) atoms. The largest absolute Gasteiger partial charge is 0.508 e. The molecule has 10 rings (SSSR count). The van der Waals surface area contributed by atoms with Gasteiger partial charge in [0.2, 0.25) is 10.0 Å². The van der Waals surface area contributed by atoms with E-state index in [4.69, 9.17) is 29.2 Å². The first-order chi connectivity index (χ1) is 29.6. The van der Waals surface area contributed by atoms with E-state index >= 15 is 0 Å². The molecule has 2 saturated heterocycles. The Kier molecular flexibility index (Phi) is 13.0. The minimum atomic E-state index is -3.77. The van der Waals surface area contributed by atoms with Crippen LogP contribution >= 0.6 is 11.3 Å². The van der Waals surface area contributed by atoms with Gasteiger partial charge in [-0.25, -0.2) is 23.3 Å². The van der Waals surface area contributed by atoms with Gasteiger partial charge in [0.1, 0.15) is 29.5 Å². The van der Waals surface area contributed by atoms with Crippen LogP contribution in [0.5, 0.6) is 17.2 Å². The Bertz CT molecular complexity index is 2670. The van der Waals surface area contributed by atoms with E-state index in [1.54, 1.807) is 24.3 Å². The summed E-state index contributed by atoms with van der Waals surface area (Å²) in [6.07, 6.45) is 17.1. The number of nitrogens with zero attached hydrogens (tertiary/aromatic N) is 2. The first kappa shape index (κ1) is 41.9. The molecule has 0 saturated carbocycles. The van der Waals surface area contributed by atoms with Gasteiger partial charge >= 0.3 is 5.97 Å². The lowest BCUT2D eigenvalue weighted by Gasteiger charge is -2.23. The summed E-state index contributed by atoms with van der Waals surface area (Å²) in [6, 6.07) is 24.2. The third kappa shape index (κ3) is 10.6. The molecule has 6 aromatic rings. The van der Waals surface area contributed by atoms with Gasteiger partial charge in [0.15, 0.2) is 10.8 Å². The van der Waals surface area contributed by atoms with Crippen LogP contribution in [0, 0.1) is 0 Å². The minimum Gasteiger partial charge on any atom is -0.508 e. The number of aromatic carboxylic acids is 1. The number of allylic oxidation sites excluding steroid dienone is 2.